The van der Waals surface area contributed by atoms with Crippen molar-refractivity contribution in [2.75, 3.05) is 37.6 Å². The van der Waals surface area contributed by atoms with Crippen molar-refractivity contribution in [3.05, 3.63) is 81.5 Å². The van der Waals surface area contributed by atoms with Crippen molar-refractivity contribution in [2.45, 2.75) is 20.3 Å². The first-order chi connectivity index (χ1) is 16.5. The number of nitrogens with zero attached hydrogens (tertiary/aromatic N) is 5. The quantitative estimate of drug-likeness (QED) is 0.443. The summed E-state index contributed by atoms with van der Waals surface area (Å²) in [7, 11) is 0. The molecular weight excluding hydrogens is 432 g/mol. The third-order valence-electron chi connectivity index (χ3n) is 5.95. The minimum absolute atomic E-state index is 0.0444. The normalized spacial score (nSPS) is 13.6. The monoisotopic (exact) mass is 460 g/mol. The maximum absolute atomic E-state index is 12.2. The van der Waals surface area contributed by atoms with Gasteiger partial charge in [-0.1, -0.05) is 42.5 Å². The molecule has 3 aromatic rings. The van der Waals surface area contributed by atoms with Gasteiger partial charge in [-0.3, -0.25) is 10.1 Å². The largest absolute Gasteiger partial charge is 0.353 e. The second kappa shape index (κ2) is 10.3. The van der Waals surface area contributed by atoms with Gasteiger partial charge in [0.25, 0.3) is 5.69 Å². The van der Waals surface area contributed by atoms with E-state index in [0.717, 1.165) is 28.2 Å². The van der Waals surface area contributed by atoms with Crippen molar-refractivity contribution in [3.63, 3.8) is 0 Å². The van der Waals surface area contributed by atoms with E-state index in [4.69, 9.17) is 9.97 Å². The van der Waals surface area contributed by atoms with Crippen LogP contribution in [0.4, 0.5) is 16.3 Å². The molecule has 0 atom stereocenters. The van der Waals surface area contributed by atoms with Crippen LogP contribution in [0.25, 0.3) is 11.4 Å². The van der Waals surface area contributed by atoms with Crippen LogP contribution in [0.15, 0.2) is 54.6 Å². The maximum atomic E-state index is 12.2. The average Bonchev–Trinajstić information content (AvgIpc) is 2.86. The van der Waals surface area contributed by atoms with Crippen LogP contribution < -0.4 is 10.2 Å². The van der Waals surface area contributed by atoms with E-state index in [2.05, 4.69) is 10.2 Å². The average molecular weight is 461 g/mol. The summed E-state index contributed by atoms with van der Waals surface area (Å²) < 4.78 is 0. The Labute approximate surface area is 198 Å². The summed E-state index contributed by atoms with van der Waals surface area (Å²) in [5.74, 6) is 1.51. The van der Waals surface area contributed by atoms with Crippen LogP contribution in [-0.4, -0.2) is 58.5 Å². The molecule has 1 fully saturated rings. The van der Waals surface area contributed by atoms with E-state index < -0.39 is 4.92 Å². The molecule has 9 heteroatoms. The zero-order chi connectivity index (χ0) is 24.1. The number of benzene rings is 2. The van der Waals surface area contributed by atoms with Crippen molar-refractivity contribution in [2.24, 2.45) is 0 Å². The lowest BCUT2D eigenvalue weighted by Crippen LogP contribution is -2.52. The molecule has 2 amide bonds. The third kappa shape index (κ3) is 5.14. The Kier molecular flexibility index (Phi) is 7.01. The molecule has 9 nitrogen and oxygen atoms in total. The number of aryl methyl sites for hydroxylation is 1. The fraction of sp³-hybridized carbons (Fsp3) is 0.320. The first-order valence-corrected chi connectivity index (χ1v) is 11.4. The Morgan fingerprint density at radius 2 is 1.71 bits per heavy atom. The first kappa shape index (κ1) is 23.2. The molecule has 1 saturated heterocycles. The predicted molar refractivity (Wildman–Crippen MR) is 131 cm³/mol. The number of non-ortho nitro benzene ring substituents is 1. The van der Waals surface area contributed by atoms with Crippen LogP contribution in [-0.2, 0) is 6.42 Å². The number of amides is 2. The molecule has 1 N–H and O–H groups in total. The number of anilines is 1. The summed E-state index contributed by atoms with van der Waals surface area (Å²) in [5, 5.41) is 13.9. The number of nitro benzene ring substituents is 1. The number of hydrogen-bond acceptors (Lipinski definition) is 6. The topological polar surface area (TPSA) is 104 Å². The Morgan fingerprint density at radius 1 is 1.03 bits per heavy atom. The van der Waals surface area contributed by atoms with E-state index in [1.54, 1.807) is 12.1 Å². The summed E-state index contributed by atoms with van der Waals surface area (Å²) in [6.45, 7) is 7.02. The van der Waals surface area contributed by atoms with Gasteiger partial charge in [0.2, 0.25) is 0 Å². The lowest BCUT2D eigenvalue weighted by atomic mass is 10.0. The van der Waals surface area contributed by atoms with Gasteiger partial charge in [0.1, 0.15) is 5.82 Å². The van der Waals surface area contributed by atoms with Crippen LogP contribution in [0.1, 0.15) is 23.7 Å². The second-order valence-corrected chi connectivity index (χ2v) is 8.21. The van der Waals surface area contributed by atoms with Gasteiger partial charge in [0.05, 0.1) is 4.92 Å². The van der Waals surface area contributed by atoms with Gasteiger partial charge in [-0.05, 0) is 19.4 Å². The molecule has 0 aliphatic carbocycles. The van der Waals surface area contributed by atoms with E-state index in [9.17, 15) is 14.9 Å². The smallest absolute Gasteiger partial charge is 0.317 e. The van der Waals surface area contributed by atoms with Crippen molar-refractivity contribution in [3.8, 4) is 11.4 Å². The molecule has 2 heterocycles. The van der Waals surface area contributed by atoms with Crippen molar-refractivity contribution >= 4 is 17.5 Å². The van der Waals surface area contributed by atoms with E-state index in [0.29, 0.717) is 45.0 Å². The summed E-state index contributed by atoms with van der Waals surface area (Å²) in [6.07, 6.45) is 0.560. The minimum atomic E-state index is -0.396. The molecule has 0 spiro atoms. The molecule has 1 aliphatic heterocycles. The van der Waals surface area contributed by atoms with Crippen LogP contribution >= 0.6 is 0 Å². The van der Waals surface area contributed by atoms with Gasteiger partial charge >= 0.3 is 6.03 Å². The maximum Gasteiger partial charge on any atom is 0.317 e. The van der Waals surface area contributed by atoms with Crippen molar-refractivity contribution in [1.82, 2.24) is 20.2 Å². The number of nitro groups is 1. The number of rotatable bonds is 6. The van der Waals surface area contributed by atoms with E-state index in [1.165, 1.54) is 12.1 Å². The van der Waals surface area contributed by atoms with Gasteiger partial charge in [-0.15, -0.1) is 0 Å². The van der Waals surface area contributed by atoms with Gasteiger partial charge in [0.15, 0.2) is 5.82 Å². The second-order valence-electron chi connectivity index (χ2n) is 8.21. The number of carbonyl (C=O) groups is 1. The zero-order valence-electron chi connectivity index (χ0n) is 19.4. The summed E-state index contributed by atoms with van der Waals surface area (Å²) in [6, 6.07) is 16.4. The van der Waals surface area contributed by atoms with Crippen LogP contribution in [0.3, 0.4) is 0 Å². The fourth-order valence-electron chi connectivity index (χ4n) is 4.09. The van der Waals surface area contributed by atoms with Crippen LogP contribution in [0.5, 0.6) is 0 Å². The standard InChI is InChI=1S/C25H28N6O3/c1-3-26-25(32)30-15-13-29(14-16-30)24-22(17-19-9-11-21(12-10-19)31(33)34)18(2)27-23(28-24)20-7-5-4-6-8-20/h4-12H,3,13-17H2,1-2H3,(H,26,32). The first-order valence-electron chi connectivity index (χ1n) is 11.4. The highest BCUT2D eigenvalue weighted by atomic mass is 16.6. The zero-order valence-corrected chi connectivity index (χ0v) is 19.4. The number of hydrogen-bond donors (Lipinski definition) is 1. The molecular formula is C25H28N6O3. The molecule has 0 radical (unpaired) electrons. The molecule has 176 valence electrons. The van der Waals surface area contributed by atoms with Gasteiger partial charge in [-0.25, -0.2) is 14.8 Å². The molecule has 1 aliphatic rings. The summed E-state index contributed by atoms with van der Waals surface area (Å²) in [4.78, 5) is 36.6. The Hall–Kier alpha value is -4.01. The van der Waals surface area contributed by atoms with Crippen LogP contribution in [0.2, 0.25) is 0 Å². The van der Waals surface area contributed by atoms with Gasteiger partial charge < -0.3 is 15.1 Å². The summed E-state index contributed by atoms with van der Waals surface area (Å²) in [5.41, 5.74) is 3.81. The SMILES string of the molecule is CCNC(=O)N1CCN(c2nc(-c3ccccc3)nc(C)c2Cc2ccc([N+](=O)[O-])cc2)CC1. The molecule has 1 aromatic heterocycles. The molecule has 2 aromatic carbocycles. The van der Waals surface area contributed by atoms with Gasteiger partial charge in [0, 0.05) is 68.1 Å². The highest BCUT2D eigenvalue weighted by molar-refractivity contribution is 5.74. The predicted octanol–water partition coefficient (Wildman–Crippen LogP) is 3.80. The molecule has 34 heavy (non-hydrogen) atoms. The third-order valence-corrected chi connectivity index (χ3v) is 5.95. The highest BCUT2D eigenvalue weighted by Crippen LogP contribution is 2.28. The number of piperazine rings is 1. The van der Waals surface area contributed by atoms with E-state index in [-0.39, 0.29) is 11.7 Å². The van der Waals surface area contributed by atoms with Gasteiger partial charge in [-0.2, -0.15) is 0 Å². The minimum Gasteiger partial charge on any atom is -0.353 e. The number of urea groups is 1. The molecule has 0 saturated carbocycles. The number of carbonyl (C=O) groups excluding carboxylic acids is 1. The molecule has 0 bridgehead atoms. The van der Waals surface area contributed by atoms with E-state index >= 15 is 0 Å². The Bertz CT molecular complexity index is 1160. The molecule has 0 unspecified atom stereocenters. The Morgan fingerprint density at radius 3 is 2.32 bits per heavy atom. The van der Waals surface area contributed by atoms with E-state index in [1.807, 2.05) is 49.1 Å². The molecule has 4 rings (SSSR count). The number of nitrogens with one attached hydrogen (secondary N) is 1. The lowest BCUT2D eigenvalue weighted by molar-refractivity contribution is -0.384. The number of aromatic nitrogens is 2. The van der Waals surface area contributed by atoms with Crippen LogP contribution in [0, 0.1) is 17.0 Å². The lowest BCUT2D eigenvalue weighted by Gasteiger charge is -2.36. The van der Waals surface area contributed by atoms with Crippen molar-refractivity contribution in [1.29, 1.82) is 0 Å². The Balaban J connectivity index is 1.66. The highest BCUT2D eigenvalue weighted by Gasteiger charge is 2.25. The fourth-order valence-corrected chi connectivity index (χ4v) is 4.09. The van der Waals surface area contributed by atoms with Crippen molar-refractivity contribution < 1.29 is 9.72 Å². The summed E-state index contributed by atoms with van der Waals surface area (Å²) >= 11 is 0.